The predicted octanol–water partition coefficient (Wildman–Crippen LogP) is 4.02. The van der Waals surface area contributed by atoms with E-state index in [1.165, 1.54) is 26.2 Å². The van der Waals surface area contributed by atoms with Crippen LogP contribution in [0.5, 0.6) is 5.88 Å². The van der Waals surface area contributed by atoms with Crippen LogP contribution in [-0.4, -0.2) is 39.8 Å². The van der Waals surface area contributed by atoms with Gasteiger partial charge in [-0.15, -0.1) is 6.58 Å². The molecule has 32 heavy (non-hydrogen) atoms. The highest BCUT2D eigenvalue weighted by Gasteiger charge is 2.47. The molecule has 1 aromatic heterocycles. The van der Waals surface area contributed by atoms with Gasteiger partial charge in [0.1, 0.15) is 5.56 Å². The van der Waals surface area contributed by atoms with E-state index in [-0.39, 0.29) is 17.9 Å². The van der Waals surface area contributed by atoms with Crippen molar-refractivity contribution < 1.29 is 14.3 Å². The van der Waals surface area contributed by atoms with Gasteiger partial charge in [0.2, 0.25) is 11.8 Å². The molecular weight excluding hydrogens is 404 g/mol. The third-order valence-corrected chi connectivity index (χ3v) is 6.50. The van der Waals surface area contributed by atoms with Crippen LogP contribution in [0.25, 0.3) is 6.20 Å². The molecule has 2 aliphatic rings. The topological polar surface area (TPSA) is 85.3 Å². The summed E-state index contributed by atoms with van der Waals surface area (Å²) < 4.78 is 7.60. The molecular formula is C25H38N4O3. The number of hydrogen-bond donors (Lipinski definition) is 2. The van der Waals surface area contributed by atoms with Gasteiger partial charge in [-0.1, -0.05) is 19.9 Å². The number of carbonyl (C=O) groups is 2. The van der Waals surface area contributed by atoms with Crippen molar-refractivity contribution in [1.29, 1.82) is 0 Å². The lowest BCUT2D eigenvalue weighted by molar-refractivity contribution is -0.120. The Labute approximate surface area is 191 Å². The Balaban J connectivity index is 1.81. The minimum Gasteiger partial charge on any atom is -0.477 e. The number of fused-ring (bicyclic) bond motifs is 2. The monoisotopic (exact) mass is 442 g/mol. The highest BCUT2D eigenvalue weighted by molar-refractivity contribution is 5.96. The molecule has 0 spiro atoms. The van der Waals surface area contributed by atoms with Crippen LogP contribution in [0, 0.1) is 23.7 Å². The molecule has 1 heterocycles. The van der Waals surface area contributed by atoms with Gasteiger partial charge in [0.15, 0.2) is 0 Å². The van der Waals surface area contributed by atoms with Crippen molar-refractivity contribution in [3.05, 3.63) is 30.5 Å². The third-order valence-electron chi connectivity index (χ3n) is 6.50. The van der Waals surface area contributed by atoms with E-state index in [0.29, 0.717) is 41.7 Å². The van der Waals surface area contributed by atoms with E-state index < -0.39 is 5.54 Å². The van der Waals surface area contributed by atoms with Crippen LogP contribution in [0.3, 0.4) is 0 Å². The lowest BCUT2D eigenvalue weighted by Gasteiger charge is -2.31. The van der Waals surface area contributed by atoms with Crippen molar-refractivity contribution in [1.82, 2.24) is 20.4 Å². The fraction of sp³-hybridized carbons (Fsp3) is 0.640. The third kappa shape index (κ3) is 5.61. The minimum absolute atomic E-state index is 0.114. The Morgan fingerprint density at radius 1 is 1.34 bits per heavy atom. The standard InChI is InChI=1S/C25H38N4O3/c1-7-8-20-18-9-10-19(13-18)22(20)27-23(31)21-14-26-29(24(21)32-15-16(2)3)12-11-25(5,6)28-17(4)30/h7,11-12,14,16,18-20,22H,1,8-10,13,15H2,2-6H3,(H,27,31)(H,28,30). The maximum Gasteiger partial charge on any atom is 0.258 e. The smallest absolute Gasteiger partial charge is 0.258 e. The first-order chi connectivity index (χ1) is 15.1. The van der Waals surface area contributed by atoms with Crippen LogP contribution in [-0.2, 0) is 4.79 Å². The summed E-state index contributed by atoms with van der Waals surface area (Å²) >= 11 is 0. The number of hydrogen-bond acceptors (Lipinski definition) is 4. The normalized spacial score (nSPS) is 24.8. The molecule has 2 fully saturated rings. The highest BCUT2D eigenvalue weighted by Crippen LogP contribution is 2.50. The fourth-order valence-corrected chi connectivity index (χ4v) is 5.15. The average Bonchev–Trinajstić information content (AvgIpc) is 3.39. The van der Waals surface area contributed by atoms with E-state index in [1.807, 2.05) is 26.0 Å². The first-order valence-electron chi connectivity index (χ1n) is 11.7. The van der Waals surface area contributed by atoms with E-state index in [2.05, 4.69) is 36.2 Å². The molecule has 2 amide bonds. The maximum atomic E-state index is 13.3. The van der Waals surface area contributed by atoms with Gasteiger partial charge in [-0.05, 0) is 69.3 Å². The number of amides is 2. The van der Waals surface area contributed by atoms with E-state index in [1.54, 1.807) is 17.1 Å². The second-order valence-electron chi connectivity index (χ2n) is 10.3. The van der Waals surface area contributed by atoms with Gasteiger partial charge < -0.3 is 15.4 Å². The Morgan fingerprint density at radius 3 is 2.72 bits per heavy atom. The molecule has 176 valence electrons. The summed E-state index contributed by atoms with van der Waals surface area (Å²) in [5, 5.41) is 10.6. The Hall–Kier alpha value is -2.57. The van der Waals surface area contributed by atoms with Gasteiger partial charge in [-0.25, -0.2) is 4.68 Å². The van der Waals surface area contributed by atoms with Gasteiger partial charge in [0.25, 0.3) is 5.91 Å². The lowest BCUT2D eigenvalue weighted by atomic mass is 9.82. The van der Waals surface area contributed by atoms with Crippen molar-refractivity contribution in [2.75, 3.05) is 6.61 Å². The first kappa shape index (κ1) is 24.1. The van der Waals surface area contributed by atoms with E-state index in [9.17, 15) is 9.59 Å². The average molecular weight is 443 g/mol. The Morgan fingerprint density at radius 2 is 2.06 bits per heavy atom. The molecule has 7 heteroatoms. The maximum absolute atomic E-state index is 13.3. The first-order valence-corrected chi connectivity index (χ1v) is 11.7. The van der Waals surface area contributed by atoms with Crippen LogP contribution in [0.1, 0.15) is 70.7 Å². The molecule has 2 N–H and O–H groups in total. The quantitative estimate of drug-likeness (QED) is 0.536. The van der Waals surface area contributed by atoms with Crippen LogP contribution in [0.4, 0.5) is 0 Å². The molecule has 1 aromatic rings. The Kier molecular flexibility index (Phi) is 7.47. The van der Waals surface area contributed by atoms with Crippen molar-refractivity contribution >= 4 is 18.0 Å². The van der Waals surface area contributed by atoms with Gasteiger partial charge in [-0.2, -0.15) is 5.10 Å². The second kappa shape index (κ2) is 9.92. The summed E-state index contributed by atoms with van der Waals surface area (Å²) in [4.78, 5) is 24.8. The second-order valence-corrected chi connectivity index (χ2v) is 10.3. The fourth-order valence-electron chi connectivity index (χ4n) is 5.15. The van der Waals surface area contributed by atoms with E-state index in [0.717, 1.165) is 6.42 Å². The van der Waals surface area contributed by atoms with Crippen molar-refractivity contribution in [2.24, 2.45) is 23.7 Å². The summed E-state index contributed by atoms with van der Waals surface area (Å²) in [6, 6.07) is 0.176. The number of allylic oxidation sites excluding steroid dienone is 1. The zero-order valence-corrected chi connectivity index (χ0v) is 20.1. The zero-order chi connectivity index (χ0) is 23.5. The predicted molar refractivity (Wildman–Crippen MR) is 126 cm³/mol. The van der Waals surface area contributed by atoms with Crippen LogP contribution in [0.15, 0.2) is 24.9 Å². The molecule has 2 saturated carbocycles. The van der Waals surface area contributed by atoms with Gasteiger partial charge in [0, 0.05) is 19.2 Å². The van der Waals surface area contributed by atoms with Crippen molar-refractivity contribution in [3.63, 3.8) is 0 Å². The van der Waals surface area contributed by atoms with E-state index >= 15 is 0 Å². The van der Waals surface area contributed by atoms with Crippen LogP contribution < -0.4 is 15.4 Å². The number of rotatable bonds is 10. The van der Waals surface area contributed by atoms with Gasteiger partial charge in [-0.3, -0.25) is 9.59 Å². The molecule has 0 saturated heterocycles. The summed E-state index contributed by atoms with van der Waals surface area (Å²) in [5.41, 5.74) is -0.121. The zero-order valence-electron chi connectivity index (χ0n) is 20.1. The molecule has 4 atom stereocenters. The summed E-state index contributed by atoms with van der Waals surface area (Å²) in [6.07, 6.45) is 11.7. The Bertz CT molecular complexity index is 871. The molecule has 4 unspecified atom stereocenters. The summed E-state index contributed by atoms with van der Waals surface area (Å²) in [5.74, 6) is 2.16. The molecule has 2 bridgehead atoms. The van der Waals surface area contributed by atoms with Crippen molar-refractivity contribution in [2.45, 2.75) is 71.9 Å². The minimum atomic E-state index is -0.559. The molecule has 2 aliphatic carbocycles. The van der Waals surface area contributed by atoms with Crippen LogP contribution in [0.2, 0.25) is 0 Å². The van der Waals surface area contributed by atoms with Crippen molar-refractivity contribution in [3.8, 4) is 5.88 Å². The molecule has 0 radical (unpaired) electrons. The number of nitrogens with zero attached hydrogens (tertiary/aromatic N) is 2. The largest absolute Gasteiger partial charge is 0.477 e. The van der Waals surface area contributed by atoms with Crippen LogP contribution >= 0.6 is 0 Å². The highest BCUT2D eigenvalue weighted by atomic mass is 16.5. The van der Waals surface area contributed by atoms with E-state index in [4.69, 9.17) is 4.74 Å². The number of ether oxygens (including phenoxy) is 1. The number of aromatic nitrogens is 2. The SMILES string of the molecule is C=CCC1C2CCC(C2)C1NC(=O)c1cnn(C=CC(C)(C)NC(C)=O)c1OCC(C)C. The lowest BCUT2D eigenvalue weighted by Crippen LogP contribution is -2.44. The number of nitrogens with one attached hydrogen (secondary N) is 2. The molecule has 7 nitrogen and oxygen atoms in total. The van der Waals surface area contributed by atoms with Gasteiger partial charge >= 0.3 is 0 Å². The summed E-state index contributed by atoms with van der Waals surface area (Å²) in [7, 11) is 0. The van der Waals surface area contributed by atoms with Gasteiger partial charge in [0.05, 0.1) is 18.3 Å². The molecule has 0 aliphatic heterocycles. The number of carbonyl (C=O) groups excluding carboxylic acids is 2. The molecule has 3 rings (SSSR count). The molecule has 0 aromatic carbocycles. The summed E-state index contributed by atoms with van der Waals surface area (Å²) in [6.45, 7) is 13.8.